The van der Waals surface area contributed by atoms with Crippen molar-refractivity contribution in [2.45, 2.75) is 44.4 Å². The molecule has 1 fully saturated rings. The Labute approximate surface area is 161 Å². The number of piperidine rings is 1. The second kappa shape index (κ2) is 7.95. The third kappa shape index (κ3) is 3.90. The van der Waals surface area contributed by atoms with Crippen molar-refractivity contribution in [1.29, 1.82) is 0 Å². The molecule has 4 nitrogen and oxygen atoms in total. The predicted octanol–water partition coefficient (Wildman–Crippen LogP) is 4.52. The second-order valence-corrected chi connectivity index (χ2v) is 7.59. The number of primary amides is 1. The molecule has 0 atom stereocenters. The molecule has 1 aromatic heterocycles. The summed E-state index contributed by atoms with van der Waals surface area (Å²) < 4.78 is 0. The summed E-state index contributed by atoms with van der Waals surface area (Å²) in [6.07, 6.45) is 10.9. The zero-order valence-corrected chi connectivity index (χ0v) is 15.7. The van der Waals surface area contributed by atoms with Gasteiger partial charge in [0, 0.05) is 24.8 Å². The first-order chi connectivity index (χ1) is 13.2. The average molecular weight is 361 g/mol. The maximum atomic E-state index is 11.9. The van der Waals surface area contributed by atoms with Crippen molar-refractivity contribution in [3.8, 4) is 0 Å². The highest BCUT2D eigenvalue weighted by Crippen LogP contribution is 2.35. The Kier molecular flexibility index (Phi) is 5.23. The lowest BCUT2D eigenvalue weighted by molar-refractivity contribution is 0.1000. The van der Waals surface area contributed by atoms with E-state index in [-0.39, 0.29) is 5.91 Å². The number of amides is 1. The van der Waals surface area contributed by atoms with Crippen LogP contribution in [-0.4, -0.2) is 24.0 Å². The third-order valence-corrected chi connectivity index (χ3v) is 5.89. The van der Waals surface area contributed by atoms with Crippen LogP contribution in [0.4, 0.5) is 5.82 Å². The molecule has 1 amide bonds. The van der Waals surface area contributed by atoms with Crippen LogP contribution in [0.1, 0.15) is 65.9 Å². The lowest BCUT2D eigenvalue weighted by Gasteiger charge is -2.33. The molecule has 27 heavy (non-hydrogen) atoms. The smallest absolute Gasteiger partial charge is 0.249 e. The Morgan fingerprint density at radius 1 is 1.11 bits per heavy atom. The lowest BCUT2D eigenvalue weighted by Crippen LogP contribution is -2.33. The van der Waals surface area contributed by atoms with Crippen molar-refractivity contribution in [1.82, 2.24) is 4.98 Å². The van der Waals surface area contributed by atoms with Crippen molar-refractivity contribution in [3.63, 3.8) is 0 Å². The molecule has 2 heterocycles. The molecule has 0 radical (unpaired) electrons. The van der Waals surface area contributed by atoms with Crippen molar-refractivity contribution in [2.75, 3.05) is 18.0 Å². The van der Waals surface area contributed by atoms with Crippen LogP contribution < -0.4 is 10.6 Å². The fourth-order valence-electron chi connectivity index (χ4n) is 4.36. The monoisotopic (exact) mass is 361 g/mol. The van der Waals surface area contributed by atoms with Crippen LogP contribution in [-0.2, 0) is 0 Å². The number of benzene rings is 1. The van der Waals surface area contributed by atoms with Gasteiger partial charge in [0.2, 0.25) is 5.91 Å². The van der Waals surface area contributed by atoms with E-state index in [1.807, 2.05) is 24.4 Å². The van der Waals surface area contributed by atoms with Crippen molar-refractivity contribution >= 4 is 17.3 Å². The summed E-state index contributed by atoms with van der Waals surface area (Å²) in [7, 11) is 0. The van der Waals surface area contributed by atoms with E-state index >= 15 is 0 Å². The van der Waals surface area contributed by atoms with Gasteiger partial charge in [0.05, 0.1) is 0 Å². The molecule has 2 aromatic rings. The minimum absolute atomic E-state index is 0.326. The molecule has 1 saturated heterocycles. The minimum Gasteiger partial charge on any atom is -0.366 e. The molecule has 0 bridgehead atoms. The van der Waals surface area contributed by atoms with Gasteiger partial charge in [0.1, 0.15) is 5.82 Å². The summed E-state index contributed by atoms with van der Waals surface area (Å²) in [4.78, 5) is 18.8. The van der Waals surface area contributed by atoms with Gasteiger partial charge in [-0.15, -0.1) is 0 Å². The minimum atomic E-state index is -0.326. The van der Waals surface area contributed by atoms with Gasteiger partial charge >= 0.3 is 0 Å². The molecule has 2 aliphatic rings. The van der Waals surface area contributed by atoms with Gasteiger partial charge in [-0.25, -0.2) is 4.98 Å². The first-order valence-corrected chi connectivity index (χ1v) is 10.0. The van der Waals surface area contributed by atoms with Crippen LogP contribution in [0.15, 0.2) is 48.7 Å². The SMILES string of the molecule is NC(=O)c1ccc(C2CCN(c3ccccn3)CC2)cc1C1=CCCCC1. The summed E-state index contributed by atoms with van der Waals surface area (Å²) in [5.41, 5.74) is 10.0. The molecule has 0 saturated carbocycles. The van der Waals surface area contributed by atoms with Crippen LogP contribution in [0, 0.1) is 0 Å². The van der Waals surface area contributed by atoms with Crippen LogP contribution in [0.3, 0.4) is 0 Å². The summed E-state index contributed by atoms with van der Waals surface area (Å²) >= 11 is 0. The van der Waals surface area contributed by atoms with Crippen LogP contribution in [0.2, 0.25) is 0 Å². The van der Waals surface area contributed by atoms with Gasteiger partial charge in [-0.2, -0.15) is 0 Å². The summed E-state index contributed by atoms with van der Waals surface area (Å²) in [6.45, 7) is 2.02. The zero-order chi connectivity index (χ0) is 18.6. The van der Waals surface area contributed by atoms with Gasteiger partial charge in [-0.1, -0.05) is 24.3 Å². The van der Waals surface area contributed by atoms with Crippen LogP contribution in [0.25, 0.3) is 5.57 Å². The van der Waals surface area contributed by atoms with Gasteiger partial charge < -0.3 is 10.6 Å². The van der Waals surface area contributed by atoms with E-state index in [2.05, 4.69) is 34.2 Å². The molecule has 2 N–H and O–H groups in total. The summed E-state index contributed by atoms with van der Waals surface area (Å²) in [6, 6.07) is 12.4. The fourth-order valence-corrected chi connectivity index (χ4v) is 4.36. The van der Waals surface area contributed by atoms with Gasteiger partial charge in [0.15, 0.2) is 0 Å². The van der Waals surface area contributed by atoms with E-state index in [1.165, 1.54) is 24.0 Å². The van der Waals surface area contributed by atoms with E-state index in [0.717, 1.165) is 50.2 Å². The maximum absolute atomic E-state index is 11.9. The molecule has 1 aromatic carbocycles. The standard InChI is InChI=1S/C23H27N3O/c24-23(27)20-10-9-19(16-21(20)18-6-2-1-3-7-18)17-11-14-26(15-12-17)22-8-4-5-13-25-22/h4-6,8-10,13,16-17H,1-3,7,11-12,14-15H2,(H2,24,27). The number of nitrogens with zero attached hydrogens (tertiary/aromatic N) is 2. The molecular weight excluding hydrogens is 334 g/mol. The highest BCUT2D eigenvalue weighted by atomic mass is 16.1. The van der Waals surface area contributed by atoms with E-state index < -0.39 is 0 Å². The topological polar surface area (TPSA) is 59.2 Å². The molecule has 1 aliphatic heterocycles. The van der Waals surface area contributed by atoms with Gasteiger partial charge in [-0.3, -0.25) is 4.79 Å². The van der Waals surface area contributed by atoms with Crippen molar-refractivity contribution in [2.24, 2.45) is 5.73 Å². The Morgan fingerprint density at radius 3 is 2.63 bits per heavy atom. The molecule has 1 aliphatic carbocycles. The predicted molar refractivity (Wildman–Crippen MR) is 110 cm³/mol. The Hall–Kier alpha value is -2.62. The Morgan fingerprint density at radius 2 is 1.96 bits per heavy atom. The summed E-state index contributed by atoms with van der Waals surface area (Å²) in [5.74, 6) is 1.26. The van der Waals surface area contributed by atoms with E-state index in [1.54, 1.807) is 0 Å². The number of carbonyl (C=O) groups is 1. The van der Waals surface area contributed by atoms with Gasteiger partial charge in [-0.05, 0) is 79.3 Å². The molecule has 0 spiro atoms. The molecule has 0 unspecified atom stereocenters. The van der Waals surface area contributed by atoms with Crippen molar-refractivity contribution in [3.05, 3.63) is 65.4 Å². The number of nitrogens with two attached hydrogens (primary N) is 1. The number of hydrogen-bond donors (Lipinski definition) is 1. The number of hydrogen-bond acceptors (Lipinski definition) is 3. The summed E-state index contributed by atoms with van der Waals surface area (Å²) in [5, 5.41) is 0. The van der Waals surface area contributed by atoms with Crippen LogP contribution in [0.5, 0.6) is 0 Å². The zero-order valence-electron chi connectivity index (χ0n) is 15.7. The van der Waals surface area contributed by atoms with E-state index in [9.17, 15) is 4.79 Å². The molecular formula is C23H27N3O. The third-order valence-electron chi connectivity index (χ3n) is 5.89. The van der Waals surface area contributed by atoms with Crippen molar-refractivity contribution < 1.29 is 4.79 Å². The van der Waals surface area contributed by atoms with E-state index in [4.69, 9.17) is 5.73 Å². The highest BCUT2D eigenvalue weighted by Gasteiger charge is 2.23. The number of aromatic nitrogens is 1. The van der Waals surface area contributed by atoms with Gasteiger partial charge in [0.25, 0.3) is 0 Å². The quantitative estimate of drug-likeness (QED) is 0.871. The highest BCUT2D eigenvalue weighted by molar-refractivity contribution is 5.98. The average Bonchev–Trinajstić information content (AvgIpc) is 2.74. The molecule has 4 rings (SSSR count). The molecule has 4 heteroatoms. The number of rotatable bonds is 4. The molecule has 140 valence electrons. The largest absolute Gasteiger partial charge is 0.366 e. The normalized spacial score (nSPS) is 18.2. The number of anilines is 1. The first kappa shape index (κ1) is 17.8. The fraction of sp³-hybridized carbons (Fsp3) is 0.391. The Balaban J connectivity index is 1.54. The lowest BCUT2D eigenvalue weighted by atomic mass is 9.84. The van der Waals surface area contributed by atoms with E-state index in [0.29, 0.717) is 11.5 Å². The number of allylic oxidation sites excluding steroid dienone is 2. The number of carbonyl (C=O) groups excluding carboxylic acids is 1. The Bertz CT molecular complexity index is 836. The maximum Gasteiger partial charge on any atom is 0.249 e. The first-order valence-electron chi connectivity index (χ1n) is 10.0. The number of pyridine rings is 1. The van der Waals surface area contributed by atoms with Crippen LogP contribution >= 0.6 is 0 Å². The second-order valence-electron chi connectivity index (χ2n) is 7.59.